The van der Waals surface area contributed by atoms with Crippen LogP contribution in [0.15, 0.2) is 11.6 Å². The SMILES string of the molecule is COC[C@@H]1C(=O)O[C@H]2[C@H]1[C@@H](O)C/C(C)=C/CC[C@@]1(C)O[C@H]21. The number of epoxide rings is 1. The van der Waals surface area contributed by atoms with Gasteiger partial charge in [-0.25, -0.2) is 0 Å². The van der Waals surface area contributed by atoms with Gasteiger partial charge in [-0.15, -0.1) is 0 Å². The van der Waals surface area contributed by atoms with Crippen LogP contribution in [-0.2, 0) is 19.0 Å². The molecule has 0 amide bonds. The third-order valence-electron chi connectivity index (χ3n) is 5.09. The van der Waals surface area contributed by atoms with Crippen LogP contribution in [-0.4, -0.2) is 48.7 Å². The monoisotopic (exact) mass is 296 g/mol. The van der Waals surface area contributed by atoms with Crippen molar-refractivity contribution in [1.82, 2.24) is 0 Å². The topological polar surface area (TPSA) is 68.3 Å². The normalized spacial score (nSPS) is 48.7. The number of fused-ring (bicyclic) bond motifs is 3. The molecule has 0 bridgehead atoms. The van der Waals surface area contributed by atoms with Gasteiger partial charge in [0.05, 0.1) is 24.2 Å². The number of allylic oxidation sites excluding steroid dienone is 1. The molecule has 2 fully saturated rings. The molecule has 2 aliphatic heterocycles. The van der Waals surface area contributed by atoms with Crippen molar-refractivity contribution in [2.24, 2.45) is 11.8 Å². The Morgan fingerprint density at radius 3 is 3.00 bits per heavy atom. The number of ether oxygens (including phenoxy) is 3. The maximum absolute atomic E-state index is 12.1. The van der Waals surface area contributed by atoms with E-state index in [1.54, 1.807) is 7.11 Å². The Bertz CT molecular complexity index is 460. The fourth-order valence-corrected chi connectivity index (χ4v) is 3.82. The molecule has 2 saturated heterocycles. The quantitative estimate of drug-likeness (QED) is 0.474. The van der Waals surface area contributed by atoms with Crippen LogP contribution >= 0.6 is 0 Å². The first-order chi connectivity index (χ1) is 9.96. The van der Waals surface area contributed by atoms with E-state index in [2.05, 4.69) is 13.0 Å². The molecule has 0 radical (unpaired) electrons. The first kappa shape index (κ1) is 15.0. The van der Waals surface area contributed by atoms with Crippen molar-refractivity contribution in [1.29, 1.82) is 0 Å². The molecule has 0 aromatic rings. The molecular weight excluding hydrogens is 272 g/mol. The number of carbonyl (C=O) groups excluding carboxylic acids is 1. The van der Waals surface area contributed by atoms with Gasteiger partial charge in [0.1, 0.15) is 12.2 Å². The molecule has 0 saturated carbocycles. The molecule has 0 aromatic carbocycles. The van der Waals surface area contributed by atoms with Crippen LogP contribution in [0, 0.1) is 11.8 Å². The van der Waals surface area contributed by atoms with Gasteiger partial charge in [0, 0.05) is 13.0 Å². The van der Waals surface area contributed by atoms with Gasteiger partial charge in [0.25, 0.3) is 0 Å². The Balaban J connectivity index is 1.90. The second kappa shape index (κ2) is 5.38. The molecule has 118 valence electrons. The summed E-state index contributed by atoms with van der Waals surface area (Å²) in [5, 5.41) is 10.6. The number of methoxy groups -OCH3 is 1. The van der Waals surface area contributed by atoms with Gasteiger partial charge in [0.15, 0.2) is 0 Å². The van der Waals surface area contributed by atoms with Crippen molar-refractivity contribution in [3.8, 4) is 0 Å². The molecule has 3 rings (SSSR count). The lowest BCUT2D eigenvalue weighted by Gasteiger charge is -2.26. The van der Waals surface area contributed by atoms with Crippen LogP contribution < -0.4 is 0 Å². The predicted molar refractivity (Wildman–Crippen MR) is 75.6 cm³/mol. The largest absolute Gasteiger partial charge is 0.459 e. The lowest BCUT2D eigenvalue weighted by molar-refractivity contribution is -0.145. The standard InChI is InChI=1S/C16H24O5/c1-9-5-4-6-16(2)14(21-16)13-12(11(17)7-9)10(8-19-3)15(18)20-13/h5,10-14,17H,4,6-8H2,1-3H3/b9-5+/t10-,11-,12+,13-,14+,16+/m0/s1. The smallest absolute Gasteiger partial charge is 0.312 e. The number of hydrogen-bond donors (Lipinski definition) is 1. The van der Waals surface area contributed by atoms with Gasteiger partial charge in [0.2, 0.25) is 0 Å². The number of rotatable bonds is 2. The Morgan fingerprint density at radius 2 is 2.29 bits per heavy atom. The predicted octanol–water partition coefficient (Wildman–Crippen LogP) is 1.44. The zero-order valence-corrected chi connectivity index (χ0v) is 12.9. The van der Waals surface area contributed by atoms with E-state index in [1.165, 1.54) is 0 Å². The van der Waals surface area contributed by atoms with Crippen molar-refractivity contribution in [3.63, 3.8) is 0 Å². The molecule has 0 aromatic heterocycles. The van der Waals surface area contributed by atoms with Gasteiger partial charge in [-0.1, -0.05) is 11.6 Å². The number of esters is 1. The number of carbonyl (C=O) groups is 1. The molecule has 5 nitrogen and oxygen atoms in total. The van der Waals surface area contributed by atoms with Crippen molar-refractivity contribution >= 4 is 5.97 Å². The highest BCUT2D eigenvalue weighted by Crippen LogP contribution is 2.50. The summed E-state index contributed by atoms with van der Waals surface area (Å²) in [7, 11) is 1.57. The summed E-state index contributed by atoms with van der Waals surface area (Å²) in [5.41, 5.74) is 0.915. The molecule has 6 atom stereocenters. The molecule has 1 N–H and O–H groups in total. The molecule has 21 heavy (non-hydrogen) atoms. The molecule has 0 spiro atoms. The number of hydrogen-bond acceptors (Lipinski definition) is 5. The van der Waals surface area contributed by atoms with Gasteiger partial charge >= 0.3 is 5.97 Å². The molecule has 0 unspecified atom stereocenters. The highest BCUT2D eigenvalue weighted by atomic mass is 16.6. The maximum atomic E-state index is 12.1. The molecule has 3 aliphatic rings. The zero-order valence-electron chi connectivity index (χ0n) is 12.9. The summed E-state index contributed by atoms with van der Waals surface area (Å²) in [6, 6.07) is 0. The van der Waals surface area contributed by atoms with E-state index in [9.17, 15) is 9.90 Å². The fourth-order valence-electron chi connectivity index (χ4n) is 3.82. The van der Waals surface area contributed by atoms with E-state index in [-0.39, 0.29) is 36.3 Å². The average molecular weight is 296 g/mol. The second-order valence-electron chi connectivity index (χ2n) is 6.75. The van der Waals surface area contributed by atoms with E-state index >= 15 is 0 Å². The third-order valence-corrected chi connectivity index (χ3v) is 5.09. The van der Waals surface area contributed by atoms with Crippen molar-refractivity contribution < 1.29 is 24.1 Å². The third kappa shape index (κ3) is 2.62. The van der Waals surface area contributed by atoms with Crippen LogP contribution in [0.25, 0.3) is 0 Å². The molecule has 5 heteroatoms. The summed E-state index contributed by atoms with van der Waals surface area (Å²) in [6.45, 7) is 4.36. The molecule has 1 aliphatic carbocycles. The highest BCUT2D eigenvalue weighted by molar-refractivity contribution is 5.76. The highest BCUT2D eigenvalue weighted by Gasteiger charge is 2.64. The van der Waals surface area contributed by atoms with Gasteiger partial charge < -0.3 is 19.3 Å². The summed E-state index contributed by atoms with van der Waals surface area (Å²) in [4.78, 5) is 12.1. The molecule has 2 heterocycles. The summed E-state index contributed by atoms with van der Waals surface area (Å²) in [5.74, 6) is -0.939. The van der Waals surface area contributed by atoms with E-state index in [0.717, 1.165) is 18.4 Å². The Kier molecular flexibility index (Phi) is 3.84. The van der Waals surface area contributed by atoms with Gasteiger partial charge in [-0.05, 0) is 33.1 Å². The first-order valence-corrected chi connectivity index (χ1v) is 7.67. The van der Waals surface area contributed by atoms with Crippen molar-refractivity contribution in [2.45, 2.75) is 57.0 Å². The van der Waals surface area contributed by atoms with E-state index in [1.807, 2.05) is 6.92 Å². The van der Waals surface area contributed by atoms with E-state index in [4.69, 9.17) is 14.2 Å². The van der Waals surface area contributed by atoms with Crippen molar-refractivity contribution in [3.05, 3.63) is 11.6 Å². The lowest BCUT2D eigenvalue weighted by Crippen LogP contribution is -2.39. The first-order valence-electron chi connectivity index (χ1n) is 7.67. The summed E-state index contributed by atoms with van der Waals surface area (Å²) in [6.07, 6.45) is 3.51. The Hall–Kier alpha value is -0.910. The minimum atomic E-state index is -0.607. The van der Waals surface area contributed by atoms with Gasteiger partial charge in [-0.3, -0.25) is 4.79 Å². The minimum Gasteiger partial charge on any atom is -0.459 e. The lowest BCUT2D eigenvalue weighted by atomic mass is 9.79. The van der Waals surface area contributed by atoms with Crippen LogP contribution in [0.2, 0.25) is 0 Å². The van der Waals surface area contributed by atoms with Crippen LogP contribution in [0.5, 0.6) is 0 Å². The minimum absolute atomic E-state index is 0.102. The Labute approximate surface area is 125 Å². The number of aliphatic hydroxyl groups is 1. The van der Waals surface area contributed by atoms with E-state index < -0.39 is 12.0 Å². The maximum Gasteiger partial charge on any atom is 0.312 e. The Morgan fingerprint density at radius 1 is 1.52 bits per heavy atom. The summed E-state index contributed by atoms with van der Waals surface area (Å²) >= 11 is 0. The number of aliphatic hydroxyl groups excluding tert-OH is 1. The molecular formula is C16H24O5. The summed E-state index contributed by atoms with van der Waals surface area (Å²) < 4.78 is 16.6. The fraction of sp³-hybridized carbons (Fsp3) is 0.812. The zero-order chi connectivity index (χ0) is 15.2. The average Bonchev–Trinajstić information content (AvgIpc) is 2.96. The van der Waals surface area contributed by atoms with Crippen LogP contribution in [0.3, 0.4) is 0 Å². The van der Waals surface area contributed by atoms with Crippen molar-refractivity contribution in [2.75, 3.05) is 13.7 Å². The van der Waals surface area contributed by atoms with Crippen LogP contribution in [0.4, 0.5) is 0 Å². The van der Waals surface area contributed by atoms with E-state index in [0.29, 0.717) is 6.42 Å². The second-order valence-corrected chi connectivity index (χ2v) is 6.75. The van der Waals surface area contributed by atoms with Crippen LogP contribution in [0.1, 0.15) is 33.1 Å². The van der Waals surface area contributed by atoms with Gasteiger partial charge in [-0.2, -0.15) is 0 Å².